The molecule has 0 aliphatic rings. The Bertz CT molecular complexity index is 806. The fourth-order valence-corrected chi connectivity index (χ4v) is 2.31. The first kappa shape index (κ1) is 13.5. The standard InChI is InChI=1S/C17H11F3O/c18-17(19,20)15-8-14(9-16(21)10-15)13-6-5-11-3-1-2-4-12(11)7-13/h1-10,21H. The second-order valence-corrected chi connectivity index (χ2v) is 4.83. The van der Waals surface area contributed by atoms with Gasteiger partial charge in [0, 0.05) is 0 Å². The first-order valence-electron chi connectivity index (χ1n) is 6.34. The fourth-order valence-electron chi connectivity index (χ4n) is 2.31. The van der Waals surface area contributed by atoms with Gasteiger partial charge in [0.25, 0.3) is 0 Å². The Labute approximate surface area is 119 Å². The van der Waals surface area contributed by atoms with Crippen molar-refractivity contribution in [3.05, 3.63) is 66.2 Å². The molecular formula is C17H11F3O. The molecule has 21 heavy (non-hydrogen) atoms. The van der Waals surface area contributed by atoms with E-state index < -0.39 is 17.5 Å². The average molecular weight is 288 g/mol. The van der Waals surface area contributed by atoms with E-state index in [-0.39, 0.29) is 0 Å². The number of aromatic hydroxyl groups is 1. The highest BCUT2D eigenvalue weighted by Crippen LogP contribution is 2.35. The molecule has 0 saturated carbocycles. The van der Waals surface area contributed by atoms with Gasteiger partial charge in [-0.15, -0.1) is 0 Å². The SMILES string of the molecule is Oc1cc(-c2ccc3ccccc3c2)cc(C(F)(F)F)c1. The number of rotatable bonds is 1. The highest BCUT2D eigenvalue weighted by molar-refractivity contribution is 5.87. The van der Waals surface area contributed by atoms with Crippen LogP contribution in [0, 0.1) is 0 Å². The summed E-state index contributed by atoms with van der Waals surface area (Å²) in [5.41, 5.74) is 0.119. The van der Waals surface area contributed by atoms with Crippen LogP contribution in [-0.2, 0) is 6.18 Å². The summed E-state index contributed by atoms with van der Waals surface area (Å²) < 4.78 is 38.4. The highest BCUT2D eigenvalue weighted by atomic mass is 19.4. The minimum atomic E-state index is -4.48. The zero-order valence-corrected chi connectivity index (χ0v) is 10.9. The quantitative estimate of drug-likeness (QED) is 0.650. The summed E-state index contributed by atoms with van der Waals surface area (Å²) in [7, 11) is 0. The Morgan fingerprint density at radius 1 is 0.714 bits per heavy atom. The van der Waals surface area contributed by atoms with Gasteiger partial charge in [-0.25, -0.2) is 0 Å². The van der Waals surface area contributed by atoms with Crippen LogP contribution in [0.25, 0.3) is 21.9 Å². The molecule has 3 aromatic rings. The lowest BCUT2D eigenvalue weighted by atomic mass is 9.99. The van der Waals surface area contributed by atoms with Crippen LogP contribution in [0.2, 0.25) is 0 Å². The Hall–Kier alpha value is -2.49. The molecule has 0 spiro atoms. The molecule has 3 rings (SSSR count). The van der Waals surface area contributed by atoms with Gasteiger partial charge >= 0.3 is 6.18 Å². The van der Waals surface area contributed by atoms with Crippen molar-refractivity contribution in [2.75, 3.05) is 0 Å². The van der Waals surface area contributed by atoms with Crippen LogP contribution >= 0.6 is 0 Å². The molecule has 3 aromatic carbocycles. The van der Waals surface area contributed by atoms with E-state index in [9.17, 15) is 18.3 Å². The van der Waals surface area contributed by atoms with Gasteiger partial charge in [-0.2, -0.15) is 13.2 Å². The number of fused-ring (bicyclic) bond motifs is 1. The number of hydrogen-bond donors (Lipinski definition) is 1. The van der Waals surface area contributed by atoms with E-state index in [1.807, 2.05) is 36.4 Å². The summed E-state index contributed by atoms with van der Waals surface area (Å²) in [6.45, 7) is 0. The average Bonchev–Trinajstić information content (AvgIpc) is 2.45. The first-order chi connectivity index (χ1) is 9.93. The maximum Gasteiger partial charge on any atom is 0.416 e. The summed E-state index contributed by atoms with van der Waals surface area (Å²) >= 11 is 0. The van der Waals surface area contributed by atoms with Gasteiger partial charge in [-0.05, 0) is 46.2 Å². The highest BCUT2D eigenvalue weighted by Gasteiger charge is 2.31. The third-order valence-electron chi connectivity index (χ3n) is 3.33. The second kappa shape index (κ2) is 4.81. The van der Waals surface area contributed by atoms with Crippen LogP contribution in [0.4, 0.5) is 13.2 Å². The summed E-state index contributed by atoms with van der Waals surface area (Å²) in [6, 6.07) is 16.1. The number of alkyl halides is 3. The molecule has 0 heterocycles. The van der Waals surface area contributed by atoms with E-state index in [2.05, 4.69) is 0 Å². The van der Waals surface area contributed by atoms with Crippen molar-refractivity contribution < 1.29 is 18.3 Å². The predicted molar refractivity (Wildman–Crippen MR) is 76.1 cm³/mol. The smallest absolute Gasteiger partial charge is 0.416 e. The summed E-state index contributed by atoms with van der Waals surface area (Å²) in [4.78, 5) is 0. The van der Waals surface area contributed by atoms with Gasteiger partial charge in [0.2, 0.25) is 0 Å². The third-order valence-corrected chi connectivity index (χ3v) is 3.33. The number of hydrogen-bond acceptors (Lipinski definition) is 1. The van der Waals surface area contributed by atoms with Crippen molar-refractivity contribution in [3.8, 4) is 16.9 Å². The molecule has 0 aromatic heterocycles. The minimum Gasteiger partial charge on any atom is -0.508 e. The number of phenolic OH excluding ortho intramolecular Hbond substituents is 1. The molecular weight excluding hydrogens is 277 g/mol. The van der Waals surface area contributed by atoms with Crippen molar-refractivity contribution in [2.24, 2.45) is 0 Å². The van der Waals surface area contributed by atoms with Crippen molar-refractivity contribution in [2.45, 2.75) is 6.18 Å². The molecule has 0 radical (unpaired) electrons. The number of phenols is 1. The zero-order valence-electron chi connectivity index (χ0n) is 10.9. The largest absolute Gasteiger partial charge is 0.508 e. The lowest BCUT2D eigenvalue weighted by Crippen LogP contribution is -2.04. The van der Waals surface area contributed by atoms with Crippen LogP contribution < -0.4 is 0 Å². The molecule has 0 unspecified atom stereocenters. The van der Waals surface area contributed by atoms with Crippen LogP contribution in [-0.4, -0.2) is 5.11 Å². The Balaban J connectivity index is 2.16. The normalized spacial score (nSPS) is 11.8. The molecule has 0 aliphatic carbocycles. The molecule has 0 saturated heterocycles. The molecule has 4 heteroatoms. The molecule has 1 nitrogen and oxygen atoms in total. The maximum absolute atomic E-state index is 12.8. The summed E-state index contributed by atoms with van der Waals surface area (Å²) in [5.74, 6) is -0.395. The second-order valence-electron chi connectivity index (χ2n) is 4.83. The van der Waals surface area contributed by atoms with E-state index >= 15 is 0 Å². The molecule has 0 amide bonds. The maximum atomic E-state index is 12.8. The fraction of sp³-hybridized carbons (Fsp3) is 0.0588. The van der Waals surface area contributed by atoms with Crippen molar-refractivity contribution >= 4 is 10.8 Å². The van der Waals surface area contributed by atoms with Crippen molar-refractivity contribution in [1.82, 2.24) is 0 Å². The van der Waals surface area contributed by atoms with E-state index in [0.29, 0.717) is 11.1 Å². The lowest BCUT2D eigenvalue weighted by molar-refractivity contribution is -0.137. The lowest BCUT2D eigenvalue weighted by Gasteiger charge is -2.10. The van der Waals surface area contributed by atoms with Gasteiger partial charge in [0.05, 0.1) is 5.56 Å². The van der Waals surface area contributed by atoms with Gasteiger partial charge in [0.15, 0.2) is 0 Å². The first-order valence-corrected chi connectivity index (χ1v) is 6.34. The molecule has 0 bridgehead atoms. The van der Waals surface area contributed by atoms with E-state index in [1.165, 1.54) is 6.07 Å². The minimum absolute atomic E-state index is 0.341. The van der Waals surface area contributed by atoms with Gasteiger partial charge in [0.1, 0.15) is 5.75 Å². The Morgan fingerprint density at radius 2 is 1.43 bits per heavy atom. The van der Waals surface area contributed by atoms with Crippen LogP contribution in [0.15, 0.2) is 60.7 Å². The molecule has 1 N–H and O–H groups in total. The molecule has 106 valence electrons. The van der Waals surface area contributed by atoms with E-state index in [4.69, 9.17) is 0 Å². The summed E-state index contributed by atoms with van der Waals surface area (Å²) in [6.07, 6.45) is -4.48. The van der Waals surface area contributed by atoms with Crippen LogP contribution in [0.3, 0.4) is 0 Å². The van der Waals surface area contributed by atoms with Crippen LogP contribution in [0.1, 0.15) is 5.56 Å². The van der Waals surface area contributed by atoms with Gasteiger partial charge < -0.3 is 5.11 Å². The van der Waals surface area contributed by atoms with Gasteiger partial charge in [-0.1, -0.05) is 36.4 Å². The van der Waals surface area contributed by atoms with E-state index in [0.717, 1.165) is 22.9 Å². The zero-order chi connectivity index (χ0) is 15.0. The number of benzene rings is 3. The Kier molecular flexibility index (Phi) is 3.09. The van der Waals surface area contributed by atoms with Crippen LogP contribution in [0.5, 0.6) is 5.75 Å². The molecule has 0 atom stereocenters. The monoisotopic (exact) mass is 288 g/mol. The summed E-state index contributed by atoms with van der Waals surface area (Å²) in [5, 5.41) is 11.5. The number of halogens is 3. The molecule has 0 fully saturated rings. The van der Waals surface area contributed by atoms with E-state index in [1.54, 1.807) is 6.07 Å². The van der Waals surface area contributed by atoms with Gasteiger partial charge in [-0.3, -0.25) is 0 Å². The Morgan fingerprint density at radius 3 is 2.14 bits per heavy atom. The van der Waals surface area contributed by atoms with Crippen molar-refractivity contribution in [3.63, 3.8) is 0 Å². The predicted octanol–water partition coefficient (Wildman–Crippen LogP) is 5.23. The molecule has 0 aliphatic heterocycles. The topological polar surface area (TPSA) is 20.2 Å². The van der Waals surface area contributed by atoms with Crippen molar-refractivity contribution in [1.29, 1.82) is 0 Å². The third kappa shape index (κ3) is 2.70.